The first-order valence-electron chi connectivity index (χ1n) is 5.41. The van der Waals surface area contributed by atoms with Crippen LogP contribution in [0.1, 0.15) is 25.3 Å². The second kappa shape index (κ2) is 4.98. The molecule has 90 valence electrons. The van der Waals surface area contributed by atoms with Gasteiger partial charge in [0.15, 0.2) is 3.95 Å². The maximum absolute atomic E-state index is 11.6. The van der Waals surface area contributed by atoms with Crippen molar-refractivity contribution in [3.05, 3.63) is 27.7 Å². The minimum Gasteiger partial charge on any atom is -0.466 e. The van der Waals surface area contributed by atoms with Crippen LogP contribution in [0.25, 0.3) is 10.2 Å². The van der Waals surface area contributed by atoms with E-state index in [1.54, 1.807) is 0 Å². The van der Waals surface area contributed by atoms with E-state index >= 15 is 0 Å². The predicted molar refractivity (Wildman–Crippen MR) is 72.1 cm³/mol. The van der Waals surface area contributed by atoms with E-state index < -0.39 is 0 Å². The molecule has 5 heteroatoms. The molecule has 2 aromatic rings. The fraction of sp³-hybridized carbons (Fsp3) is 0.333. The zero-order valence-electron chi connectivity index (χ0n) is 9.65. The molecule has 0 aliphatic carbocycles. The number of esters is 1. The smallest absolute Gasteiger partial charge is 0.313 e. The summed E-state index contributed by atoms with van der Waals surface area (Å²) >= 11 is 6.60. The number of hydrogen-bond donors (Lipinski definition) is 1. The van der Waals surface area contributed by atoms with Crippen LogP contribution >= 0.6 is 23.6 Å². The van der Waals surface area contributed by atoms with E-state index in [4.69, 9.17) is 17.0 Å². The van der Waals surface area contributed by atoms with Gasteiger partial charge in [-0.25, -0.2) is 0 Å². The fourth-order valence-corrected chi connectivity index (χ4v) is 2.80. The number of H-pyrrole nitrogens is 1. The van der Waals surface area contributed by atoms with E-state index in [2.05, 4.69) is 4.98 Å². The highest BCUT2D eigenvalue weighted by Gasteiger charge is 2.16. The van der Waals surface area contributed by atoms with Crippen molar-refractivity contribution in [1.82, 2.24) is 4.98 Å². The Hall–Kier alpha value is -1.20. The highest BCUT2D eigenvalue weighted by Crippen LogP contribution is 2.25. The number of rotatable bonds is 3. The number of thiazole rings is 1. The molecule has 1 aromatic heterocycles. The van der Waals surface area contributed by atoms with Gasteiger partial charge in [0.2, 0.25) is 0 Å². The van der Waals surface area contributed by atoms with Crippen LogP contribution in [0.15, 0.2) is 18.2 Å². The summed E-state index contributed by atoms with van der Waals surface area (Å²) in [5.74, 6) is -0.430. The molecule has 1 N–H and O–H groups in total. The summed E-state index contributed by atoms with van der Waals surface area (Å²) in [5.41, 5.74) is 1.97. The highest BCUT2D eigenvalue weighted by atomic mass is 32.1. The summed E-state index contributed by atoms with van der Waals surface area (Å²) in [4.78, 5) is 14.7. The molecule has 17 heavy (non-hydrogen) atoms. The van der Waals surface area contributed by atoms with Gasteiger partial charge in [0.25, 0.3) is 0 Å². The average Bonchev–Trinajstić information content (AvgIpc) is 2.67. The Kier molecular flexibility index (Phi) is 3.59. The molecule has 0 radical (unpaired) electrons. The number of carbonyl (C=O) groups excluding carboxylic acids is 1. The Bertz CT molecular complexity index is 600. The Morgan fingerprint density at radius 1 is 1.59 bits per heavy atom. The molecular weight excluding hydrogens is 254 g/mol. The van der Waals surface area contributed by atoms with E-state index in [1.807, 2.05) is 32.0 Å². The molecule has 0 bridgehead atoms. The van der Waals surface area contributed by atoms with Gasteiger partial charge in [-0.2, -0.15) is 0 Å². The monoisotopic (exact) mass is 267 g/mol. The number of benzene rings is 1. The number of fused-ring (bicyclic) bond motifs is 1. The lowest BCUT2D eigenvalue weighted by atomic mass is 10.0. The minimum absolute atomic E-state index is 0.189. The quantitative estimate of drug-likeness (QED) is 0.682. The van der Waals surface area contributed by atoms with Gasteiger partial charge in [-0.3, -0.25) is 4.79 Å². The minimum atomic E-state index is -0.241. The van der Waals surface area contributed by atoms with Crippen molar-refractivity contribution in [2.45, 2.75) is 19.8 Å². The summed E-state index contributed by atoms with van der Waals surface area (Å²) in [6.45, 7) is 4.07. The lowest BCUT2D eigenvalue weighted by molar-refractivity contribution is -0.144. The van der Waals surface area contributed by atoms with Crippen molar-refractivity contribution in [3.63, 3.8) is 0 Å². The van der Waals surface area contributed by atoms with E-state index in [0.29, 0.717) is 6.61 Å². The van der Waals surface area contributed by atoms with Crippen LogP contribution in [0.5, 0.6) is 0 Å². The van der Waals surface area contributed by atoms with Crippen molar-refractivity contribution in [3.8, 4) is 0 Å². The van der Waals surface area contributed by atoms with E-state index in [9.17, 15) is 4.79 Å². The van der Waals surface area contributed by atoms with Crippen LogP contribution < -0.4 is 0 Å². The first kappa shape index (κ1) is 12.3. The third kappa shape index (κ3) is 2.56. The van der Waals surface area contributed by atoms with E-state index in [-0.39, 0.29) is 11.9 Å². The van der Waals surface area contributed by atoms with Crippen molar-refractivity contribution in [2.24, 2.45) is 0 Å². The third-order valence-electron chi connectivity index (χ3n) is 2.59. The molecule has 1 aromatic carbocycles. The third-order valence-corrected chi connectivity index (χ3v) is 3.78. The van der Waals surface area contributed by atoms with Crippen LogP contribution in [0, 0.1) is 3.95 Å². The average molecular weight is 267 g/mol. The fourth-order valence-electron chi connectivity index (χ4n) is 1.63. The SMILES string of the molecule is CCOC(=O)C(C)c1ccc2[nH]c(=S)sc2c1. The Labute approximate surface area is 108 Å². The number of ether oxygens (including phenoxy) is 1. The van der Waals surface area contributed by atoms with Gasteiger partial charge in [0.05, 0.1) is 22.7 Å². The first-order chi connectivity index (χ1) is 8.11. The number of aromatic nitrogens is 1. The molecule has 0 saturated heterocycles. The Morgan fingerprint density at radius 2 is 2.35 bits per heavy atom. The molecule has 2 rings (SSSR count). The summed E-state index contributed by atoms with van der Waals surface area (Å²) in [7, 11) is 0. The van der Waals surface area contributed by atoms with E-state index in [0.717, 1.165) is 19.7 Å². The number of hydrogen-bond acceptors (Lipinski definition) is 4. The molecule has 0 fully saturated rings. The second-order valence-electron chi connectivity index (χ2n) is 3.74. The van der Waals surface area contributed by atoms with Gasteiger partial charge in [-0.05, 0) is 43.8 Å². The molecule has 0 aliphatic rings. The van der Waals surface area contributed by atoms with Crippen LogP contribution in [-0.2, 0) is 9.53 Å². The standard InChI is InChI=1S/C12H13NO2S2/c1-3-15-11(14)7(2)8-4-5-9-10(6-8)17-12(16)13-9/h4-7H,3H2,1-2H3,(H,13,16). The molecule has 0 amide bonds. The Balaban J connectivity index is 2.35. The molecule has 0 spiro atoms. The van der Waals surface area contributed by atoms with Crippen LogP contribution in [0.2, 0.25) is 0 Å². The molecule has 1 unspecified atom stereocenters. The molecule has 1 atom stereocenters. The van der Waals surface area contributed by atoms with Crippen molar-refractivity contribution in [1.29, 1.82) is 0 Å². The highest BCUT2D eigenvalue weighted by molar-refractivity contribution is 7.73. The Morgan fingerprint density at radius 3 is 3.06 bits per heavy atom. The summed E-state index contributed by atoms with van der Waals surface area (Å²) in [5, 5.41) is 0. The van der Waals surface area contributed by atoms with Crippen LogP contribution in [0.4, 0.5) is 0 Å². The predicted octanol–water partition coefficient (Wildman–Crippen LogP) is 3.63. The summed E-state index contributed by atoms with van der Waals surface area (Å²) in [6.07, 6.45) is 0. The molecule has 0 aliphatic heterocycles. The first-order valence-corrected chi connectivity index (χ1v) is 6.63. The molecule has 0 saturated carbocycles. The second-order valence-corrected chi connectivity index (χ2v) is 5.46. The van der Waals surface area contributed by atoms with Crippen molar-refractivity contribution >= 4 is 39.7 Å². The van der Waals surface area contributed by atoms with Gasteiger partial charge < -0.3 is 9.72 Å². The van der Waals surface area contributed by atoms with Gasteiger partial charge >= 0.3 is 5.97 Å². The van der Waals surface area contributed by atoms with Crippen LogP contribution in [0.3, 0.4) is 0 Å². The van der Waals surface area contributed by atoms with Crippen molar-refractivity contribution < 1.29 is 9.53 Å². The van der Waals surface area contributed by atoms with Gasteiger partial charge in [-0.1, -0.05) is 6.07 Å². The zero-order chi connectivity index (χ0) is 12.4. The summed E-state index contributed by atoms with van der Waals surface area (Å²) < 4.78 is 6.84. The zero-order valence-corrected chi connectivity index (χ0v) is 11.3. The van der Waals surface area contributed by atoms with Gasteiger partial charge in [0, 0.05) is 0 Å². The lowest BCUT2D eigenvalue weighted by Crippen LogP contribution is -2.12. The largest absolute Gasteiger partial charge is 0.466 e. The van der Waals surface area contributed by atoms with Gasteiger partial charge in [-0.15, -0.1) is 11.3 Å². The maximum atomic E-state index is 11.6. The summed E-state index contributed by atoms with van der Waals surface area (Å²) in [6, 6.07) is 5.88. The number of carbonyl (C=O) groups is 1. The normalized spacial score (nSPS) is 12.6. The molecule has 3 nitrogen and oxygen atoms in total. The topological polar surface area (TPSA) is 42.1 Å². The number of aromatic amines is 1. The van der Waals surface area contributed by atoms with Gasteiger partial charge in [0.1, 0.15) is 0 Å². The molecular formula is C12H13NO2S2. The number of nitrogens with one attached hydrogen (secondary N) is 1. The van der Waals surface area contributed by atoms with E-state index in [1.165, 1.54) is 11.3 Å². The van der Waals surface area contributed by atoms with Crippen molar-refractivity contribution in [2.75, 3.05) is 6.61 Å². The lowest BCUT2D eigenvalue weighted by Gasteiger charge is -2.10. The molecule has 1 heterocycles. The maximum Gasteiger partial charge on any atom is 0.313 e. The van der Waals surface area contributed by atoms with Crippen LogP contribution in [-0.4, -0.2) is 17.6 Å².